The summed E-state index contributed by atoms with van der Waals surface area (Å²) in [5.41, 5.74) is 2.69. The molecule has 166 valence electrons. The first-order chi connectivity index (χ1) is 16.6. The van der Waals surface area contributed by atoms with E-state index < -0.39 is 0 Å². The predicted octanol–water partition coefficient (Wildman–Crippen LogP) is 5.09. The van der Waals surface area contributed by atoms with Crippen molar-refractivity contribution in [3.05, 3.63) is 120 Å². The Hall–Kier alpha value is -4.91. The van der Waals surface area contributed by atoms with Crippen molar-refractivity contribution in [2.45, 2.75) is 0 Å². The van der Waals surface area contributed by atoms with E-state index in [0.717, 1.165) is 5.75 Å². The summed E-state index contributed by atoms with van der Waals surface area (Å²) in [6, 6.07) is 27.4. The maximum atomic E-state index is 13.6. The molecule has 5 rings (SSSR count). The summed E-state index contributed by atoms with van der Waals surface area (Å²) in [7, 11) is 0. The zero-order chi connectivity index (χ0) is 23.5. The fourth-order valence-electron chi connectivity index (χ4n) is 3.72. The van der Waals surface area contributed by atoms with Gasteiger partial charge in [-0.1, -0.05) is 30.8 Å². The lowest BCUT2D eigenvalue weighted by Crippen LogP contribution is -2.22. The van der Waals surface area contributed by atoms with Crippen molar-refractivity contribution in [3.63, 3.8) is 0 Å². The molecule has 1 N–H and O–H groups in total. The van der Waals surface area contributed by atoms with Crippen LogP contribution in [0.15, 0.2) is 115 Å². The van der Waals surface area contributed by atoms with Gasteiger partial charge < -0.3 is 10.1 Å². The molecule has 0 fully saturated rings. The number of amides is 1. The molecule has 0 aliphatic rings. The van der Waals surface area contributed by atoms with E-state index in [1.54, 1.807) is 41.1 Å². The van der Waals surface area contributed by atoms with Crippen LogP contribution in [0.5, 0.6) is 11.5 Å². The lowest BCUT2D eigenvalue weighted by Gasteiger charge is -2.08. The zero-order valence-corrected chi connectivity index (χ0v) is 18.1. The van der Waals surface area contributed by atoms with Crippen molar-refractivity contribution in [2.75, 3.05) is 5.32 Å². The number of para-hydroxylation sites is 1. The van der Waals surface area contributed by atoms with E-state index in [1.807, 2.05) is 60.7 Å². The molecular weight excluding hydrogens is 428 g/mol. The van der Waals surface area contributed by atoms with Crippen LogP contribution in [0.2, 0.25) is 0 Å². The van der Waals surface area contributed by atoms with Gasteiger partial charge in [0, 0.05) is 11.9 Å². The smallest absolute Gasteiger partial charge is 0.339 e. The van der Waals surface area contributed by atoms with Gasteiger partial charge in [-0.2, -0.15) is 0 Å². The van der Waals surface area contributed by atoms with Gasteiger partial charge in [0.25, 0.3) is 0 Å². The maximum Gasteiger partial charge on any atom is 0.339 e. The van der Waals surface area contributed by atoms with Crippen molar-refractivity contribution in [3.8, 4) is 22.9 Å². The largest absolute Gasteiger partial charge is 0.457 e. The summed E-state index contributed by atoms with van der Waals surface area (Å²) in [6.45, 7) is 3.47. The Bertz CT molecular complexity index is 1550. The number of nitrogens with one attached hydrogen (secondary N) is 1. The summed E-state index contributed by atoms with van der Waals surface area (Å²) in [5.74, 6) is 1.06. The molecule has 0 unspecified atom stereocenters. The SMILES string of the molecule is C=CC(=O)Nc1cccc(-n2c(=O)n(-c3ccc(Oc4ccccc4)cc3)c3cccnc32)c1. The number of benzene rings is 3. The Labute approximate surface area is 195 Å². The van der Waals surface area contributed by atoms with E-state index in [0.29, 0.717) is 34.0 Å². The lowest BCUT2D eigenvalue weighted by molar-refractivity contribution is -0.111. The molecule has 3 aromatic carbocycles. The highest BCUT2D eigenvalue weighted by Gasteiger charge is 2.17. The second-order valence-electron chi connectivity index (χ2n) is 7.45. The van der Waals surface area contributed by atoms with Gasteiger partial charge in [0.05, 0.1) is 16.9 Å². The number of hydrogen-bond acceptors (Lipinski definition) is 4. The van der Waals surface area contributed by atoms with Gasteiger partial charge in [-0.25, -0.2) is 14.3 Å². The summed E-state index contributed by atoms with van der Waals surface area (Å²) in [6.07, 6.45) is 2.83. The van der Waals surface area contributed by atoms with E-state index >= 15 is 0 Å². The Kier molecular flexibility index (Phi) is 5.50. The highest BCUT2D eigenvalue weighted by atomic mass is 16.5. The number of pyridine rings is 1. The van der Waals surface area contributed by atoms with Gasteiger partial charge in [-0.05, 0) is 72.8 Å². The molecule has 2 aromatic heterocycles. The van der Waals surface area contributed by atoms with Crippen LogP contribution in [-0.2, 0) is 4.79 Å². The monoisotopic (exact) mass is 448 g/mol. The first-order valence-electron chi connectivity index (χ1n) is 10.6. The van der Waals surface area contributed by atoms with E-state index in [2.05, 4.69) is 16.9 Å². The van der Waals surface area contributed by atoms with E-state index in [4.69, 9.17) is 4.74 Å². The molecule has 5 aromatic rings. The number of rotatable bonds is 6. The Morgan fingerprint density at radius 2 is 1.62 bits per heavy atom. The van der Waals surface area contributed by atoms with Crippen LogP contribution in [-0.4, -0.2) is 20.0 Å². The number of aromatic nitrogens is 3. The molecule has 7 heteroatoms. The fourth-order valence-corrected chi connectivity index (χ4v) is 3.72. The minimum atomic E-state index is -0.331. The van der Waals surface area contributed by atoms with E-state index in [1.165, 1.54) is 10.6 Å². The molecule has 0 atom stereocenters. The Morgan fingerprint density at radius 3 is 2.38 bits per heavy atom. The minimum Gasteiger partial charge on any atom is -0.457 e. The normalized spacial score (nSPS) is 10.7. The van der Waals surface area contributed by atoms with Gasteiger partial charge in [0.2, 0.25) is 5.91 Å². The molecule has 0 aliphatic heterocycles. The highest BCUT2D eigenvalue weighted by molar-refractivity contribution is 5.99. The van der Waals surface area contributed by atoms with Crippen molar-refractivity contribution < 1.29 is 9.53 Å². The van der Waals surface area contributed by atoms with Gasteiger partial charge >= 0.3 is 5.69 Å². The van der Waals surface area contributed by atoms with Gasteiger partial charge in [-0.15, -0.1) is 0 Å². The Balaban J connectivity index is 1.57. The van der Waals surface area contributed by atoms with E-state index in [-0.39, 0.29) is 11.6 Å². The standard InChI is InChI=1S/C27H20N4O3/c1-2-25(32)29-19-8-6-9-21(18-19)31-26-24(12-7-17-28-26)30(27(31)33)20-13-15-23(16-14-20)34-22-10-4-3-5-11-22/h2-18H,1H2,(H,29,32). The minimum absolute atomic E-state index is 0.280. The highest BCUT2D eigenvalue weighted by Crippen LogP contribution is 2.25. The predicted molar refractivity (Wildman–Crippen MR) is 132 cm³/mol. The molecular formula is C27H20N4O3. The molecule has 1 amide bonds. The van der Waals surface area contributed by atoms with E-state index in [9.17, 15) is 9.59 Å². The quantitative estimate of drug-likeness (QED) is 0.367. The number of anilines is 1. The lowest BCUT2D eigenvalue weighted by atomic mass is 10.2. The average Bonchev–Trinajstić information content (AvgIpc) is 3.17. The summed E-state index contributed by atoms with van der Waals surface area (Å²) >= 11 is 0. The van der Waals surface area contributed by atoms with Crippen LogP contribution < -0.4 is 15.7 Å². The van der Waals surface area contributed by atoms with Gasteiger partial charge in [0.1, 0.15) is 11.5 Å². The first kappa shape index (κ1) is 21.0. The van der Waals surface area contributed by atoms with Crippen LogP contribution >= 0.6 is 0 Å². The number of ether oxygens (including phenoxy) is 1. The number of hydrogen-bond donors (Lipinski definition) is 1. The molecule has 34 heavy (non-hydrogen) atoms. The molecule has 2 heterocycles. The second-order valence-corrected chi connectivity index (χ2v) is 7.45. The molecule has 7 nitrogen and oxygen atoms in total. The van der Waals surface area contributed by atoms with Crippen molar-refractivity contribution in [2.24, 2.45) is 0 Å². The molecule has 0 bridgehead atoms. The number of imidazole rings is 1. The zero-order valence-electron chi connectivity index (χ0n) is 18.1. The topological polar surface area (TPSA) is 78.2 Å². The molecule has 0 radical (unpaired) electrons. The maximum absolute atomic E-state index is 13.6. The first-order valence-corrected chi connectivity index (χ1v) is 10.6. The molecule has 0 aliphatic carbocycles. The van der Waals surface area contributed by atoms with Crippen LogP contribution in [0.1, 0.15) is 0 Å². The van der Waals surface area contributed by atoms with Gasteiger partial charge in [0.15, 0.2) is 5.65 Å². The third-order valence-electron chi connectivity index (χ3n) is 5.23. The van der Waals surface area contributed by atoms with Gasteiger partial charge in [-0.3, -0.25) is 9.36 Å². The van der Waals surface area contributed by atoms with Crippen molar-refractivity contribution in [1.82, 2.24) is 14.1 Å². The summed E-state index contributed by atoms with van der Waals surface area (Å²) in [4.78, 5) is 29.8. The summed E-state index contributed by atoms with van der Waals surface area (Å²) < 4.78 is 8.99. The number of fused-ring (bicyclic) bond motifs is 1. The van der Waals surface area contributed by atoms with Crippen LogP contribution in [0, 0.1) is 0 Å². The second kappa shape index (κ2) is 8.91. The molecule has 0 spiro atoms. The van der Waals surface area contributed by atoms with Crippen LogP contribution in [0.25, 0.3) is 22.5 Å². The van der Waals surface area contributed by atoms with Crippen LogP contribution in [0.4, 0.5) is 5.69 Å². The number of carbonyl (C=O) groups is 1. The van der Waals surface area contributed by atoms with Crippen molar-refractivity contribution in [1.29, 1.82) is 0 Å². The third kappa shape index (κ3) is 3.98. The fraction of sp³-hybridized carbons (Fsp3) is 0. The average molecular weight is 448 g/mol. The van der Waals surface area contributed by atoms with Crippen molar-refractivity contribution >= 4 is 22.8 Å². The molecule has 0 saturated heterocycles. The number of carbonyl (C=O) groups excluding carboxylic acids is 1. The third-order valence-corrected chi connectivity index (χ3v) is 5.23. The van der Waals surface area contributed by atoms with Crippen LogP contribution in [0.3, 0.4) is 0 Å². The molecule has 0 saturated carbocycles. The Morgan fingerprint density at radius 1 is 0.853 bits per heavy atom. The summed E-state index contributed by atoms with van der Waals surface area (Å²) in [5, 5.41) is 2.72. The number of nitrogens with zero attached hydrogens (tertiary/aromatic N) is 3.